The third-order valence-corrected chi connectivity index (χ3v) is 1.24. The van der Waals surface area contributed by atoms with Crippen LogP contribution in [0.3, 0.4) is 0 Å². The number of oxime groups is 1. The lowest BCUT2D eigenvalue weighted by Crippen LogP contribution is -2.02. The molecule has 0 aromatic carbocycles. The maximum absolute atomic E-state index is 4.88. The fraction of sp³-hybridized carbons (Fsp3) is 0.625. The van der Waals surface area contributed by atoms with E-state index >= 15 is 0 Å². The normalized spacial score (nSPS) is 11.8. The zero-order valence-electron chi connectivity index (χ0n) is 6.92. The Labute approximate surface area is 62.6 Å². The van der Waals surface area contributed by atoms with Crippen LogP contribution in [-0.4, -0.2) is 12.3 Å². The van der Waals surface area contributed by atoms with Crippen LogP contribution in [0.1, 0.15) is 20.8 Å². The highest BCUT2D eigenvalue weighted by atomic mass is 16.6. The lowest BCUT2D eigenvalue weighted by Gasteiger charge is -2.01. The van der Waals surface area contributed by atoms with Gasteiger partial charge in [0.05, 0.1) is 5.71 Å². The molecule has 0 aliphatic carbocycles. The summed E-state index contributed by atoms with van der Waals surface area (Å²) < 4.78 is 0. The molecule has 0 N–H and O–H groups in total. The first-order valence-corrected chi connectivity index (χ1v) is 3.45. The Morgan fingerprint density at radius 1 is 1.70 bits per heavy atom. The minimum absolute atomic E-state index is 0.463. The van der Waals surface area contributed by atoms with Gasteiger partial charge in [-0.1, -0.05) is 31.7 Å². The summed E-state index contributed by atoms with van der Waals surface area (Å²) in [5.41, 5.74) is 1.02. The molecule has 2 heteroatoms. The van der Waals surface area contributed by atoms with Crippen LogP contribution in [0.15, 0.2) is 17.8 Å². The molecule has 0 bridgehead atoms. The van der Waals surface area contributed by atoms with Crippen molar-refractivity contribution >= 4 is 5.71 Å². The quantitative estimate of drug-likeness (QED) is 0.254. The molecule has 0 saturated heterocycles. The van der Waals surface area contributed by atoms with E-state index in [1.54, 1.807) is 6.08 Å². The highest BCUT2D eigenvalue weighted by molar-refractivity contribution is 5.83. The first-order valence-electron chi connectivity index (χ1n) is 3.45. The van der Waals surface area contributed by atoms with Crippen molar-refractivity contribution in [3.63, 3.8) is 0 Å². The average molecular weight is 141 g/mol. The fourth-order valence-electron chi connectivity index (χ4n) is 0.297. The monoisotopic (exact) mass is 141 g/mol. The summed E-state index contributed by atoms with van der Waals surface area (Å²) in [5.74, 6) is 0.463. The van der Waals surface area contributed by atoms with E-state index in [0.717, 1.165) is 5.71 Å². The summed E-state index contributed by atoms with van der Waals surface area (Å²) in [6.45, 7) is 10.1. The minimum atomic E-state index is 0.463. The van der Waals surface area contributed by atoms with E-state index in [2.05, 4.69) is 25.6 Å². The van der Waals surface area contributed by atoms with Gasteiger partial charge in [0.2, 0.25) is 0 Å². The van der Waals surface area contributed by atoms with Gasteiger partial charge in [0.25, 0.3) is 0 Å². The van der Waals surface area contributed by atoms with Gasteiger partial charge in [-0.25, -0.2) is 0 Å². The van der Waals surface area contributed by atoms with Gasteiger partial charge < -0.3 is 4.84 Å². The number of hydrogen-bond acceptors (Lipinski definition) is 2. The van der Waals surface area contributed by atoms with Crippen LogP contribution >= 0.6 is 0 Å². The van der Waals surface area contributed by atoms with Crippen LogP contribution in [-0.2, 0) is 4.84 Å². The zero-order chi connectivity index (χ0) is 7.98. The van der Waals surface area contributed by atoms with Gasteiger partial charge in [-0.05, 0) is 12.8 Å². The van der Waals surface area contributed by atoms with Crippen LogP contribution in [0, 0.1) is 5.92 Å². The highest BCUT2D eigenvalue weighted by Gasteiger charge is 1.96. The largest absolute Gasteiger partial charge is 0.392 e. The second-order valence-electron chi connectivity index (χ2n) is 2.47. The molecule has 0 saturated carbocycles. The third-order valence-electron chi connectivity index (χ3n) is 1.24. The van der Waals surface area contributed by atoms with Crippen molar-refractivity contribution in [3.8, 4) is 0 Å². The standard InChI is InChI=1S/C8H15NO/c1-5-6-10-9-8(4)7(2)3/h5,7H,1,6H2,2-4H3/b9-8-. The van der Waals surface area contributed by atoms with Gasteiger partial charge in [-0.2, -0.15) is 0 Å². The Morgan fingerprint density at radius 2 is 2.30 bits per heavy atom. The Bertz CT molecular complexity index is 127. The average Bonchev–Trinajstić information content (AvgIpc) is 1.88. The molecule has 0 heterocycles. The molecule has 2 nitrogen and oxygen atoms in total. The van der Waals surface area contributed by atoms with Gasteiger partial charge in [0, 0.05) is 0 Å². The van der Waals surface area contributed by atoms with Gasteiger partial charge >= 0.3 is 0 Å². The first kappa shape index (κ1) is 9.21. The van der Waals surface area contributed by atoms with Crippen LogP contribution in [0.25, 0.3) is 0 Å². The molecule has 0 spiro atoms. The fourth-order valence-corrected chi connectivity index (χ4v) is 0.297. The Kier molecular flexibility index (Phi) is 4.63. The Morgan fingerprint density at radius 3 is 2.70 bits per heavy atom. The number of rotatable bonds is 4. The van der Waals surface area contributed by atoms with Crippen molar-refractivity contribution in [1.29, 1.82) is 0 Å². The molecule has 0 aliphatic heterocycles. The molecule has 58 valence electrons. The number of hydrogen-bond donors (Lipinski definition) is 0. The van der Waals surface area contributed by atoms with E-state index in [9.17, 15) is 0 Å². The summed E-state index contributed by atoms with van der Waals surface area (Å²) in [6, 6.07) is 0. The summed E-state index contributed by atoms with van der Waals surface area (Å²) >= 11 is 0. The van der Waals surface area contributed by atoms with E-state index in [0.29, 0.717) is 12.5 Å². The summed E-state index contributed by atoms with van der Waals surface area (Å²) in [7, 11) is 0. The zero-order valence-corrected chi connectivity index (χ0v) is 6.92. The van der Waals surface area contributed by atoms with Gasteiger partial charge in [-0.15, -0.1) is 0 Å². The minimum Gasteiger partial charge on any atom is -0.392 e. The molecular formula is C8H15NO. The lowest BCUT2D eigenvalue weighted by molar-refractivity contribution is 0.173. The molecule has 0 aromatic heterocycles. The molecule has 0 radical (unpaired) electrons. The number of nitrogens with zero attached hydrogens (tertiary/aromatic N) is 1. The molecule has 0 unspecified atom stereocenters. The molecule has 0 atom stereocenters. The van der Waals surface area contributed by atoms with E-state index in [1.807, 2.05) is 6.92 Å². The van der Waals surface area contributed by atoms with Crippen molar-refractivity contribution in [3.05, 3.63) is 12.7 Å². The molecule has 0 fully saturated rings. The summed E-state index contributed by atoms with van der Waals surface area (Å²) in [6.07, 6.45) is 1.68. The topological polar surface area (TPSA) is 21.6 Å². The molecule has 10 heavy (non-hydrogen) atoms. The molecule has 0 aromatic rings. The van der Waals surface area contributed by atoms with Crippen LogP contribution in [0.4, 0.5) is 0 Å². The predicted octanol–water partition coefficient (Wildman–Crippen LogP) is 2.22. The third kappa shape index (κ3) is 4.13. The molecule has 0 aliphatic rings. The molecular weight excluding hydrogens is 126 g/mol. The first-order chi connectivity index (χ1) is 4.68. The summed E-state index contributed by atoms with van der Waals surface area (Å²) in [4.78, 5) is 4.88. The SMILES string of the molecule is C=CCO/N=C(/C)C(C)C. The van der Waals surface area contributed by atoms with Crippen molar-refractivity contribution in [2.75, 3.05) is 6.61 Å². The maximum Gasteiger partial charge on any atom is 0.135 e. The maximum atomic E-state index is 4.88. The Balaban J connectivity index is 3.57. The molecule has 0 rings (SSSR count). The smallest absolute Gasteiger partial charge is 0.135 e. The van der Waals surface area contributed by atoms with E-state index < -0.39 is 0 Å². The van der Waals surface area contributed by atoms with Crippen molar-refractivity contribution < 1.29 is 4.84 Å². The Hall–Kier alpha value is -0.790. The predicted molar refractivity (Wildman–Crippen MR) is 44.1 cm³/mol. The second-order valence-corrected chi connectivity index (χ2v) is 2.47. The van der Waals surface area contributed by atoms with Crippen LogP contribution < -0.4 is 0 Å². The molecule has 0 amide bonds. The van der Waals surface area contributed by atoms with E-state index in [1.165, 1.54) is 0 Å². The van der Waals surface area contributed by atoms with Crippen molar-refractivity contribution in [2.45, 2.75) is 20.8 Å². The van der Waals surface area contributed by atoms with Gasteiger partial charge in [-0.3, -0.25) is 0 Å². The van der Waals surface area contributed by atoms with Crippen LogP contribution in [0.2, 0.25) is 0 Å². The van der Waals surface area contributed by atoms with E-state index in [4.69, 9.17) is 4.84 Å². The summed E-state index contributed by atoms with van der Waals surface area (Å²) in [5, 5.41) is 3.86. The van der Waals surface area contributed by atoms with Gasteiger partial charge in [0.1, 0.15) is 6.61 Å². The van der Waals surface area contributed by atoms with Crippen LogP contribution in [0.5, 0.6) is 0 Å². The van der Waals surface area contributed by atoms with E-state index in [-0.39, 0.29) is 0 Å². The highest BCUT2D eigenvalue weighted by Crippen LogP contribution is 1.95. The second kappa shape index (κ2) is 5.03. The van der Waals surface area contributed by atoms with Crippen molar-refractivity contribution in [1.82, 2.24) is 0 Å². The lowest BCUT2D eigenvalue weighted by atomic mass is 10.1. The van der Waals surface area contributed by atoms with Gasteiger partial charge in [0.15, 0.2) is 0 Å². The van der Waals surface area contributed by atoms with Crippen molar-refractivity contribution in [2.24, 2.45) is 11.1 Å².